The first kappa shape index (κ1) is 16.9. The van der Waals surface area contributed by atoms with E-state index in [2.05, 4.69) is 5.32 Å². The third kappa shape index (κ3) is 3.52. The lowest BCUT2D eigenvalue weighted by atomic mass is 10.1. The van der Waals surface area contributed by atoms with Gasteiger partial charge in [-0.2, -0.15) is 0 Å². The van der Waals surface area contributed by atoms with Crippen LogP contribution < -0.4 is 10.1 Å². The molecule has 1 saturated carbocycles. The quantitative estimate of drug-likeness (QED) is 0.870. The molecule has 1 aromatic carbocycles. The predicted molar refractivity (Wildman–Crippen MR) is 95.0 cm³/mol. The zero-order valence-corrected chi connectivity index (χ0v) is 14.7. The van der Waals surface area contributed by atoms with E-state index < -0.39 is 0 Å². The highest BCUT2D eigenvalue weighted by atomic mass is 16.5. The molecule has 138 valence electrons. The molecule has 0 aromatic heterocycles. The Balaban J connectivity index is 1.45. The van der Waals surface area contributed by atoms with Crippen molar-refractivity contribution in [2.24, 2.45) is 5.92 Å². The molecule has 2 fully saturated rings. The van der Waals surface area contributed by atoms with Gasteiger partial charge < -0.3 is 19.9 Å². The number of nitrogens with zero attached hydrogens (tertiary/aromatic N) is 2. The number of hydrogen-bond acceptors (Lipinski definition) is 4. The summed E-state index contributed by atoms with van der Waals surface area (Å²) in [7, 11) is 0. The Bertz CT molecular complexity index is 744. The summed E-state index contributed by atoms with van der Waals surface area (Å²) in [5.41, 5.74) is 1.07. The topological polar surface area (TPSA) is 79.0 Å². The fourth-order valence-corrected chi connectivity index (χ4v) is 3.46. The average molecular weight is 357 g/mol. The Hall–Kier alpha value is -2.57. The summed E-state index contributed by atoms with van der Waals surface area (Å²) >= 11 is 0. The monoisotopic (exact) mass is 357 g/mol. The standard InChI is InChI=1S/C19H23N3O4/c23-17-6-11-26-16-5-4-14(12-15(16)20-17)19(25)22-8-1-7-21(9-10-22)18(24)13-2-3-13/h4-5,12-13H,1-3,6-11H2,(H,20,23). The molecule has 4 rings (SSSR count). The van der Waals surface area contributed by atoms with E-state index in [-0.39, 0.29) is 23.6 Å². The first-order valence-electron chi connectivity index (χ1n) is 9.26. The van der Waals surface area contributed by atoms with Crippen LogP contribution in [0.4, 0.5) is 5.69 Å². The smallest absolute Gasteiger partial charge is 0.253 e. The largest absolute Gasteiger partial charge is 0.491 e. The van der Waals surface area contributed by atoms with Crippen LogP contribution in [-0.2, 0) is 9.59 Å². The summed E-state index contributed by atoms with van der Waals surface area (Å²) in [4.78, 5) is 40.6. The van der Waals surface area contributed by atoms with Crippen molar-refractivity contribution in [3.63, 3.8) is 0 Å². The lowest BCUT2D eigenvalue weighted by Crippen LogP contribution is -2.38. The van der Waals surface area contributed by atoms with E-state index in [9.17, 15) is 14.4 Å². The number of amides is 3. The van der Waals surface area contributed by atoms with E-state index in [0.29, 0.717) is 56.2 Å². The number of ether oxygens (including phenoxy) is 1. The second-order valence-electron chi connectivity index (χ2n) is 7.10. The highest BCUT2D eigenvalue weighted by molar-refractivity contribution is 5.98. The van der Waals surface area contributed by atoms with Gasteiger partial charge in [0.05, 0.1) is 18.7 Å². The summed E-state index contributed by atoms with van der Waals surface area (Å²) in [6.07, 6.45) is 3.09. The number of benzene rings is 1. The van der Waals surface area contributed by atoms with E-state index in [1.54, 1.807) is 23.1 Å². The first-order chi connectivity index (χ1) is 12.6. The molecule has 0 atom stereocenters. The van der Waals surface area contributed by atoms with Gasteiger partial charge in [-0.3, -0.25) is 14.4 Å². The summed E-state index contributed by atoms with van der Waals surface area (Å²) in [5.74, 6) is 0.850. The minimum absolute atomic E-state index is 0.0768. The number of carbonyl (C=O) groups excluding carboxylic acids is 3. The molecular formula is C19H23N3O4. The maximum absolute atomic E-state index is 12.9. The minimum Gasteiger partial charge on any atom is -0.491 e. The average Bonchev–Trinajstić information content (AvgIpc) is 3.47. The molecule has 2 aliphatic heterocycles. The highest BCUT2D eigenvalue weighted by Gasteiger charge is 2.34. The van der Waals surface area contributed by atoms with Crippen LogP contribution in [0.15, 0.2) is 18.2 Å². The van der Waals surface area contributed by atoms with Gasteiger partial charge in [0.2, 0.25) is 11.8 Å². The van der Waals surface area contributed by atoms with Crippen molar-refractivity contribution in [1.82, 2.24) is 9.80 Å². The van der Waals surface area contributed by atoms with Crippen LogP contribution in [0.1, 0.15) is 36.0 Å². The maximum Gasteiger partial charge on any atom is 0.253 e. The molecular weight excluding hydrogens is 334 g/mol. The third-order valence-electron chi connectivity index (χ3n) is 5.11. The van der Waals surface area contributed by atoms with Crippen molar-refractivity contribution in [2.75, 3.05) is 38.1 Å². The zero-order valence-electron chi connectivity index (χ0n) is 14.7. The van der Waals surface area contributed by atoms with Gasteiger partial charge in [0.15, 0.2) is 0 Å². The van der Waals surface area contributed by atoms with Gasteiger partial charge >= 0.3 is 0 Å². The fourth-order valence-electron chi connectivity index (χ4n) is 3.46. The molecule has 26 heavy (non-hydrogen) atoms. The number of fused-ring (bicyclic) bond motifs is 1. The normalized spacial score (nSPS) is 20.4. The summed E-state index contributed by atoms with van der Waals surface area (Å²) in [5, 5.41) is 2.79. The second-order valence-corrected chi connectivity index (χ2v) is 7.10. The number of rotatable bonds is 2. The van der Waals surface area contributed by atoms with Crippen molar-refractivity contribution in [1.29, 1.82) is 0 Å². The van der Waals surface area contributed by atoms with Gasteiger partial charge in [-0.25, -0.2) is 0 Å². The highest BCUT2D eigenvalue weighted by Crippen LogP contribution is 2.31. The number of hydrogen-bond donors (Lipinski definition) is 1. The van der Waals surface area contributed by atoms with E-state index in [1.165, 1.54) is 0 Å². The zero-order chi connectivity index (χ0) is 18.1. The molecule has 0 bridgehead atoms. The van der Waals surface area contributed by atoms with Crippen molar-refractivity contribution in [2.45, 2.75) is 25.7 Å². The number of carbonyl (C=O) groups is 3. The van der Waals surface area contributed by atoms with E-state index in [1.807, 2.05) is 4.90 Å². The summed E-state index contributed by atoms with van der Waals surface area (Å²) < 4.78 is 5.54. The van der Waals surface area contributed by atoms with Crippen LogP contribution in [0.2, 0.25) is 0 Å². The van der Waals surface area contributed by atoms with Gasteiger partial charge in [-0.15, -0.1) is 0 Å². The minimum atomic E-state index is -0.114. The van der Waals surface area contributed by atoms with Crippen LogP contribution in [0.25, 0.3) is 0 Å². The molecule has 7 nitrogen and oxygen atoms in total. The van der Waals surface area contributed by atoms with Gasteiger partial charge in [-0.05, 0) is 37.5 Å². The molecule has 3 amide bonds. The van der Waals surface area contributed by atoms with Crippen LogP contribution in [0.3, 0.4) is 0 Å². The SMILES string of the molecule is O=C1CCOc2ccc(C(=O)N3CCCN(C(=O)C4CC4)CC3)cc2N1. The van der Waals surface area contributed by atoms with Crippen LogP contribution in [0.5, 0.6) is 5.75 Å². The van der Waals surface area contributed by atoms with Crippen molar-refractivity contribution in [3.8, 4) is 5.75 Å². The number of anilines is 1. The maximum atomic E-state index is 12.9. The molecule has 0 unspecified atom stereocenters. The molecule has 1 aliphatic carbocycles. The molecule has 1 N–H and O–H groups in total. The molecule has 0 radical (unpaired) electrons. The molecule has 3 aliphatic rings. The predicted octanol–water partition coefficient (Wildman–Crippen LogP) is 1.49. The Morgan fingerprint density at radius 3 is 2.65 bits per heavy atom. The van der Waals surface area contributed by atoms with Crippen LogP contribution in [-0.4, -0.2) is 60.3 Å². The molecule has 1 saturated heterocycles. The molecule has 2 heterocycles. The van der Waals surface area contributed by atoms with Crippen molar-refractivity contribution < 1.29 is 19.1 Å². The summed E-state index contributed by atoms with van der Waals surface area (Å²) in [6, 6.07) is 5.14. The third-order valence-corrected chi connectivity index (χ3v) is 5.11. The fraction of sp³-hybridized carbons (Fsp3) is 0.526. The Morgan fingerprint density at radius 2 is 1.85 bits per heavy atom. The van der Waals surface area contributed by atoms with E-state index in [4.69, 9.17) is 4.74 Å². The lowest BCUT2D eigenvalue weighted by Gasteiger charge is -2.22. The summed E-state index contributed by atoms with van der Waals surface area (Å²) in [6.45, 7) is 2.81. The van der Waals surface area contributed by atoms with E-state index in [0.717, 1.165) is 19.3 Å². The Labute approximate surface area is 152 Å². The molecule has 7 heteroatoms. The lowest BCUT2D eigenvalue weighted by molar-refractivity contribution is -0.132. The van der Waals surface area contributed by atoms with Crippen molar-refractivity contribution in [3.05, 3.63) is 23.8 Å². The Morgan fingerprint density at radius 1 is 1.08 bits per heavy atom. The first-order valence-corrected chi connectivity index (χ1v) is 9.26. The second kappa shape index (κ2) is 6.97. The molecule has 1 aromatic rings. The van der Waals surface area contributed by atoms with Crippen LogP contribution in [0, 0.1) is 5.92 Å². The van der Waals surface area contributed by atoms with Gasteiger partial charge in [0, 0.05) is 37.7 Å². The van der Waals surface area contributed by atoms with Crippen molar-refractivity contribution >= 4 is 23.4 Å². The van der Waals surface area contributed by atoms with Gasteiger partial charge in [0.1, 0.15) is 5.75 Å². The Kier molecular flexibility index (Phi) is 4.53. The molecule has 0 spiro atoms. The van der Waals surface area contributed by atoms with Gasteiger partial charge in [0.25, 0.3) is 5.91 Å². The van der Waals surface area contributed by atoms with E-state index >= 15 is 0 Å². The van der Waals surface area contributed by atoms with Crippen LogP contribution >= 0.6 is 0 Å². The number of nitrogens with one attached hydrogen (secondary N) is 1. The van der Waals surface area contributed by atoms with Gasteiger partial charge in [-0.1, -0.05) is 0 Å².